The Hall–Kier alpha value is -0.510. The van der Waals surface area contributed by atoms with Crippen LogP contribution < -0.4 is 0 Å². The van der Waals surface area contributed by atoms with Crippen molar-refractivity contribution in [2.24, 2.45) is 23.2 Å². The van der Waals surface area contributed by atoms with Crippen LogP contribution in [-0.2, 0) is 0 Å². The van der Waals surface area contributed by atoms with Crippen LogP contribution in [0.15, 0.2) is 0 Å². The molecule has 0 N–H and O–H groups in total. The normalized spacial score (nSPS) is 35.9. The fraction of sp³-hybridized carbons (Fsp3) is 0.900. The highest BCUT2D eigenvalue weighted by atomic mass is 14.6. The summed E-state index contributed by atoms with van der Waals surface area (Å²) in [7, 11) is 0. The van der Waals surface area contributed by atoms with Crippen molar-refractivity contribution < 1.29 is 0 Å². The molecular weight excluding hydrogens is 134 g/mol. The fourth-order valence-electron chi connectivity index (χ4n) is 2.06. The van der Waals surface area contributed by atoms with Gasteiger partial charge in [-0.15, -0.1) is 0 Å². The van der Waals surface area contributed by atoms with Gasteiger partial charge in [0, 0.05) is 0 Å². The molecule has 0 radical (unpaired) electrons. The standard InChI is InChI=1S/C10H17N/c1-7(2)9-5-10(9,6-11)8(3)4/h7-9H,5H2,1-4H3. The summed E-state index contributed by atoms with van der Waals surface area (Å²) in [5.41, 5.74) is 0.0359. The van der Waals surface area contributed by atoms with Crippen LogP contribution in [0.25, 0.3) is 0 Å². The largest absolute Gasteiger partial charge is 0.198 e. The van der Waals surface area contributed by atoms with Gasteiger partial charge in [0.15, 0.2) is 0 Å². The topological polar surface area (TPSA) is 23.8 Å². The number of hydrogen-bond donors (Lipinski definition) is 0. The average molecular weight is 151 g/mol. The van der Waals surface area contributed by atoms with Crippen molar-refractivity contribution in [1.82, 2.24) is 0 Å². The van der Waals surface area contributed by atoms with E-state index >= 15 is 0 Å². The first-order chi connectivity index (χ1) is 5.04. The van der Waals surface area contributed by atoms with E-state index in [-0.39, 0.29) is 5.41 Å². The number of rotatable bonds is 2. The number of nitrogens with zero attached hydrogens (tertiary/aromatic N) is 1. The molecule has 2 unspecified atom stereocenters. The van der Waals surface area contributed by atoms with Crippen LogP contribution in [0.2, 0.25) is 0 Å². The average Bonchev–Trinajstić information content (AvgIpc) is 2.62. The van der Waals surface area contributed by atoms with Crippen LogP contribution in [0.1, 0.15) is 34.1 Å². The van der Waals surface area contributed by atoms with E-state index in [0.717, 1.165) is 6.42 Å². The van der Waals surface area contributed by atoms with Gasteiger partial charge in [-0.2, -0.15) is 5.26 Å². The molecule has 1 aliphatic rings. The van der Waals surface area contributed by atoms with Crippen LogP contribution in [0.4, 0.5) is 0 Å². The maximum Gasteiger partial charge on any atom is 0.0695 e. The molecule has 1 rings (SSSR count). The zero-order chi connectivity index (χ0) is 8.65. The molecule has 2 atom stereocenters. The highest BCUT2D eigenvalue weighted by Crippen LogP contribution is 2.60. The fourth-order valence-corrected chi connectivity index (χ4v) is 2.06. The molecule has 0 saturated heterocycles. The molecule has 1 saturated carbocycles. The van der Waals surface area contributed by atoms with Crippen molar-refractivity contribution >= 4 is 0 Å². The first-order valence-electron chi connectivity index (χ1n) is 4.46. The summed E-state index contributed by atoms with van der Waals surface area (Å²) in [6.45, 7) is 8.75. The van der Waals surface area contributed by atoms with Gasteiger partial charge in [-0.05, 0) is 24.2 Å². The first-order valence-corrected chi connectivity index (χ1v) is 4.46. The maximum atomic E-state index is 9.00. The summed E-state index contributed by atoms with van der Waals surface area (Å²) in [4.78, 5) is 0. The summed E-state index contributed by atoms with van der Waals surface area (Å²) >= 11 is 0. The molecule has 0 aromatic carbocycles. The molecule has 0 bridgehead atoms. The lowest BCUT2D eigenvalue weighted by atomic mass is 9.88. The van der Waals surface area contributed by atoms with Crippen LogP contribution in [-0.4, -0.2) is 0 Å². The van der Waals surface area contributed by atoms with Gasteiger partial charge in [-0.1, -0.05) is 27.7 Å². The molecule has 0 aromatic heterocycles. The third kappa shape index (κ3) is 1.15. The second kappa shape index (κ2) is 2.52. The van der Waals surface area contributed by atoms with Gasteiger partial charge in [0.2, 0.25) is 0 Å². The molecular formula is C10H17N. The Kier molecular flexibility index (Phi) is 1.96. The number of nitriles is 1. The summed E-state index contributed by atoms with van der Waals surface area (Å²) < 4.78 is 0. The Morgan fingerprint density at radius 3 is 2.00 bits per heavy atom. The Morgan fingerprint density at radius 1 is 1.36 bits per heavy atom. The zero-order valence-corrected chi connectivity index (χ0v) is 7.89. The second-order valence-electron chi connectivity index (χ2n) is 4.36. The molecule has 0 heterocycles. The van der Waals surface area contributed by atoms with Crippen LogP contribution >= 0.6 is 0 Å². The predicted molar refractivity (Wildman–Crippen MR) is 45.8 cm³/mol. The van der Waals surface area contributed by atoms with E-state index in [0.29, 0.717) is 17.8 Å². The summed E-state index contributed by atoms with van der Waals surface area (Å²) in [5.74, 6) is 1.87. The monoisotopic (exact) mass is 151 g/mol. The first kappa shape index (κ1) is 8.59. The molecule has 62 valence electrons. The molecule has 0 amide bonds. The van der Waals surface area contributed by atoms with Crippen LogP contribution in [0.3, 0.4) is 0 Å². The van der Waals surface area contributed by atoms with Gasteiger partial charge < -0.3 is 0 Å². The van der Waals surface area contributed by atoms with Crippen molar-refractivity contribution in [3.8, 4) is 6.07 Å². The van der Waals surface area contributed by atoms with E-state index in [2.05, 4.69) is 33.8 Å². The van der Waals surface area contributed by atoms with E-state index in [1.165, 1.54) is 0 Å². The van der Waals surface area contributed by atoms with E-state index < -0.39 is 0 Å². The van der Waals surface area contributed by atoms with Crippen LogP contribution in [0.5, 0.6) is 0 Å². The molecule has 0 aromatic rings. The predicted octanol–water partition coefficient (Wildman–Crippen LogP) is 2.83. The smallest absolute Gasteiger partial charge is 0.0695 e. The van der Waals surface area contributed by atoms with Crippen molar-refractivity contribution in [1.29, 1.82) is 5.26 Å². The molecule has 11 heavy (non-hydrogen) atoms. The Balaban J connectivity index is 2.66. The van der Waals surface area contributed by atoms with Gasteiger partial charge in [-0.3, -0.25) is 0 Å². The summed E-state index contributed by atoms with van der Waals surface area (Å²) in [6, 6.07) is 2.48. The Morgan fingerprint density at radius 2 is 1.91 bits per heavy atom. The van der Waals surface area contributed by atoms with Crippen molar-refractivity contribution in [3.05, 3.63) is 0 Å². The second-order valence-corrected chi connectivity index (χ2v) is 4.36. The van der Waals surface area contributed by atoms with E-state index in [9.17, 15) is 0 Å². The minimum Gasteiger partial charge on any atom is -0.198 e. The maximum absolute atomic E-state index is 9.00. The molecule has 1 heteroatoms. The molecule has 1 fully saturated rings. The number of hydrogen-bond acceptors (Lipinski definition) is 1. The van der Waals surface area contributed by atoms with Gasteiger partial charge in [0.05, 0.1) is 11.5 Å². The molecule has 0 aliphatic heterocycles. The Bertz CT molecular complexity index is 188. The molecule has 1 nitrogen and oxygen atoms in total. The molecule has 1 aliphatic carbocycles. The minimum absolute atomic E-state index is 0.0359. The van der Waals surface area contributed by atoms with Gasteiger partial charge in [0.25, 0.3) is 0 Å². The van der Waals surface area contributed by atoms with Gasteiger partial charge in [0.1, 0.15) is 0 Å². The third-order valence-electron chi connectivity index (χ3n) is 3.10. The van der Waals surface area contributed by atoms with Crippen LogP contribution in [0, 0.1) is 34.5 Å². The quantitative estimate of drug-likeness (QED) is 0.595. The Labute approximate surface area is 69.4 Å². The summed E-state index contributed by atoms with van der Waals surface area (Å²) in [6.07, 6.45) is 1.12. The van der Waals surface area contributed by atoms with Crippen molar-refractivity contribution in [2.75, 3.05) is 0 Å². The third-order valence-corrected chi connectivity index (χ3v) is 3.10. The summed E-state index contributed by atoms with van der Waals surface area (Å²) in [5, 5.41) is 9.00. The zero-order valence-electron chi connectivity index (χ0n) is 7.89. The van der Waals surface area contributed by atoms with Crippen molar-refractivity contribution in [3.63, 3.8) is 0 Å². The lowest BCUT2D eigenvalue weighted by molar-refractivity contribution is 0.371. The van der Waals surface area contributed by atoms with Crippen molar-refractivity contribution in [2.45, 2.75) is 34.1 Å². The highest BCUT2D eigenvalue weighted by Gasteiger charge is 2.57. The molecule has 0 spiro atoms. The van der Waals surface area contributed by atoms with E-state index in [4.69, 9.17) is 5.26 Å². The lowest BCUT2D eigenvalue weighted by Crippen LogP contribution is -2.12. The highest BCUT2D eigenvalue weighted by molar-refractivity contribution is 5.17. The van der Waals surface area contributed by atoms with E-state index in [1.807, 2.05) is 0 Å². The van der Waals surface area contributed by atoms with Gasteiger partial charge in [-0.25, -0.2) is 0 Å². The van der Waals surface area contributed by atoms with Gasteiger partial charge >= 0.3 is 0 Å². The minimum atomic E-state index is 0.0359. The SMILES string of the molecule is CC(C)C1CC1(C#N)C(C)C. The van der Waals surface area contributed by atoms with E-state index in [1.54, 1.807) is 0 Å². The lowest BCUT2D eigenvalue weighted by Gasteiger charge is -2.14.